The Labute approximate surface area is 113 Å². The number of aromatic amines is 1. The molecule has 0 aliphatic carbocycles. The minimum atomic E-state index is -0.257. The normalized spacial score (nSPS) is 13.0. The number of nitrogens with one attached hydrogen (secondary N) is 1. The lowest BCUT2D eigenvalue weighted by atomic mass is 9.94. The van der Waals surface area contributed by atoms with Crippen LogP contribution in [0.4, 0.5) is 4.39 Å². The molecule has 1 aromatic heterocycles. The van der Waals surface area contributed by atoms with Crippen molar-refractivity contribution < 1.29 is 4.39 Å². The van der Waals surface area contributed by atoms with Gasteiger partial charge in [-0.25, -0.2) is 9.37 Å². The third-order valence-corrected chi connectivity index (χ3v) is 3.57. The molecule has 0 aliphatic rings. The van der Waals surface area contributed by atoms with E-state index in [0.717, 1.165) is 37.1 Å². The zero-order valence-electron chi connectivity index (χ0n) is 11.5. The van der Waals surface area contributed by atoms with Crippen LogP contribution in [0.2, 0.25) is 0 Å². The number of nitrogens with two attached hydrogens (primary N) is 1. The Kier molecular flexibility index (Phi) is 4.91. The molecule has 2 rings (SSSR count). The molecule has 0 bridgehead atoms. The SMILES string of the molecule is CCCC(CCN)CCc1nc2c(F)cccc2[nH]1. The third-order valence-electron chi connectivity index (χ3n) is 3.57. The molecule has 0 fully saturated rings. The number of hydrogen-bond donors (Lipinski definition) is 2. The summed E-state index contributed by atoms with van der Waals surface area (Å²) in [5, 5.41) is 0. The topological polar surface area (TPSA) is 54.7 Å². The van der Waals surface area contributed by atoms with E-state index >= 15 is 0 Å². The molecule has 0 saturated heterocycles. The molecule has 0 aliphatic heterocycles. The second-order valence-corrected chi connectivity index (χ2v) is 5.09. The highest BCUT2D eigenvalue weighted by Gasteiger charge is 2.10. The fourth-order valence-corrected chi connectivity index (χ4v) is 2.58. The van der Waals surface area contributed by atoms with Crippen molar-refractivity contribution in [2.24, 2.45) is 11.7 Å². The summed E-state index contributed by atoms with van der Waals surface area (Å²) in [5.41, 5.74) is 6.86. The molecular formula is C15H22FN3. The molecule has 0 radical (unpaired) electrons. The zero-order valence-corrected chi connectivity index (χ0v) is 11.5. The van der Waals surface area contributed by atoms with E-state index in [1.807, 2.05) is 6.07 Å². The largest absolute Gasteiger partial charge is 0.342 e. The van der Waals surface area contributed by atoms with Gasteiger partial charge in [0.15, 0.2) is 5.82 Å². The fraction of sp³-hybridized carbons (Fsp3) is 0.533. The molecule has 4 heteroatoms. The van der Waals surface area contributed by atoms with Gasteiger partial charge in [-0.3, -0.25) is 0 Å². The van der Waals surface area contributed by atoms with Gasteiger partial charge in [0.25, 0.3) is 0 Å². The van der Waals surface area contributed by atoms with Gasteiger partial charge in [0.05, 0.1) is 5.52 Å². The Bertz CT molecular complexity index is 515. The van der Waals surface area contributed by atoms with Crippen molar-refractivity contribution in [3.63, 3.8) is 0 Å². The number of benzene rings is 1. The van der Waals surface area contributed by atoms with Crippen LogP contribution in [0.15, 0.2) is 18.2 Å². The lowest BCUT2D eigenvalue weighted by molar-refractivity contribution is 0.418. The molecule has 0 spiro atoms. The minimum absolute atomic E-state index is 0.257. The Morgan fingerprint density at radius 1 is 1.32 bits per heavy atom. The molecule has 0 amide bonds. The van der Waals surface area contributed by atoms with Crippen LogP contribution >= 0.6 is 0 Å². The maximum Gasteiger partial charge on any atom is 0.151 e. The number of hydrogen-bond acceptors (Lipinski definition) is 2. The number of fused-ring (bicyclic) bond motifs is 1. The van der Waals surface area contributed by atoms with Gasteiger partial charge in [-0.15, -0.1) is 0 Å². The summed E-state index contributed by atoms with van der Waals surface area (Å²) in [7, 11) is 0. The fourth-order valence-electron chi connectivity index (χ4n) is 2.58. The molecule has 3 N–H and O–H groups in total. The van der Waals surface area contributed by atoms with Gasteiger partial charge >= 0.3 is 0 Å². The number of H-pyrrole nitrogens is 1. The quantitative estimate of drug-likeness (QED) is 0.804. The molecule has 1 unspecified atom stereocenters. The highest BCUT2D eigenvalue weighted by molar-refractivity contribution is 5.75. The molecular weight excluding hydrogens is 241 g/mol. The Morgan fingerprint density at radius 2 is 2.16 bits per heavy atom. The van der Waals surface area contributed by atoms with Crippen molar-refractivity contribution in [2.75, 3.05) is 6.54 Å². The van der Waals surface area contributed by atoms with Crippen LogP contribution in [-0.4, -0.2) is 16.5 Å². The van der Waals surface area contributed by atoms with Gasteiger partial charge in [-0.2, -0.15) is 0 Å². The van der Waals surface area contributed by atoms with Crippen molar-refractivity contribution in [2.45, 2.75) is 39.0 Å². The van der Waals surface area contributed by atoms with Gasteiger partial charge in [0.1, 0.15) is 11.3 Å². The van der Waals surface area contributed by atoms with Gasteiger partial charge in [0, 0.05) is 6.42 Å². The third kappa shape index (κ3) is 3.53. The second-order valence-electron chi connectivity index (χ2n) is 5.09. The summed E-state index contributed by atoms with van der Waals surface area (Å²) in [6.07, 6.45) is 5.36. The maximum absolute atomic E-state index is 13.5. The van der Waals surface area contributed by atoms with E-state index < -0.39 is 0 Å². The van der Waals surface area contributed by atoms with E-state index in [0.29, 0.717) is 11.4 Å². The monoisotopic (exact) mass is 263 g/mol. The molecule has 19 heavy (non-hydrogen) atoms. The summed E-state index contributed by atoms with van der Waals surface area (Å²) in [6, 6.07) is 5.01. The van der Waals surface area contributed by atoms with E-state index in [1.165, 1.54) is 18.9 Å². The van der Waals surface area contributed by atoms with Crippen LogP contribution in [-0.2, 0) is 6.42 Å². The molecule has 3 nitrogen and oxygen atoms in total. The standard InChI is InChI=1S/C15H22FN3/c1-2-4-11(9-10-17)7-8-14-18-13-6-3-5-12(16)15(13)19-14/h3,5-6,11H,2,4,7-10,17H2,1H3,(H,18,19). The Hall–Kier alpha value is -1.42. The number of aryl methyl sites for hydroxylation is 1. The number of nitrogens with zero attached hydrogens (tertiary/aromatic N) is 1. The first-order valence-electron chi connectivity index (χ1n) is 7.07. The predicted molar refractivity (Wildman–Crippen MR) is 76.4 cm³/mol. The van der Waals surface area contributed by atoms with Gasteiger partial charge < -0.3 is 10.7 Å². The summed E-state index contributed by atoms with van der Waals surface area (Å²) in [6.45, 7) is 2.93. The second kappa shape index (κ2) is 6.66. The lowest BCUT2D eigenvalue weighted by Gasteiger charge is -2.13. The van der Waals surface area contributed by atoms with Crippen molar-refractivity contribution in [1.29, 1.82) is 0 Å². The number of para-hydroxylation sites is 1. The smallest absolute Gasteiger partial charge is 0.151 e. The van der Waals surface area contributed by atoms with Gasteiger partial charge in [-0.1, -0.05) is 25.8 Å². The molecule has 1 aromatic carbocycles. The predicted octanol–water partition coefficient (Wildman–Crippen LogP) is 3.40. The average molecular weight is 263 g/mol. The van der Waals surface area contributed by atoms with E-state index in [1.54, 1.807) is 6.07 Å². The van der Waals surface area contributed by atoms with Crippen molar-refractivity contribution in [3.05, 3.63) is 29.8 Å². The molecule has 1 heterocycles. The number of rotatable bonds is 7. The van der Waals surface area contributed by atoms with E-state index in [4.69, 9.17) is 5.73 Å². The highest BCUT2D eigenvalue weighted by Crippen LogP contribution is 2.20. The van der Waals surface area contributed by atoms with E-state index in [9.17, 15) is 4.39 Å². The summed E-state index contributed by atoms with van der Waals surface area (Å²) < 4.78 is 13.5. The first kappa shape index (κ1) is 14.0. The summed E-state index contributed by atoms with van der Waals surface area (Å²) >= 11 is 0. The van der Waals surface area contributed by atoms with Gasteiger partial charge in [-0.05, 0) is 37.4 Å². The minimum Gasteiger partial charge on any atom is -0.342 e. The van der Waals surface area contributed by atoms with Crippen LogP contribution in [0.3, 0.4) is 0 Å². The van der Waals surface area contributed by atoms with Crippen molar-refractivity contribution in [3.8, 4) is 0 Å². The average Bonchev–Trinajstić information content (AvgIpc) is 2.81. The zero-order chi connectivity index (χ0) is 13.7. The van der Waals surface area contributed by atoms with E-state index in [-0.39, 0.29) is 5.82 Å². The molecule has 0 saturated carbocycles. The van der Waals surface area contributed by atoms with Crippen LogP contribution in [0.1, 0.15) is 38.4 Å². The molecule has 1 atom stereocenters. The highest BCUT2D eigenvalue weighted by atomic mass is 19.1. The van der Waals surface area contributed by atoms with Crippen LogP contribution < -0.4 is 5.73 Å². The van der Waals surface area contributed by atoms with Crippen LogP contribution in [0.5, 0.6) is 0 Å². The number of imidazole rings is 1. The van der Waals surface area contributed by atoms with E-state index in [2.05, 4.69) is 16.9 Å². The van der Waals surface area contributed by atoms with Gasteiger partial charge in [0.2, 0.25) is 0 Å². The molecule has 104 valence electrons. The summed E-state index contributed by atoms with van der Waals surface area (Å²) in [5.74, 6) is 1.26. The van der Waals surface area contributed by atoms with Crippen LogP contribution in [0, 0.1) is 11.7 Å². The Balaban J connectivity index is 2.02. The number of aromatic nitrogens is 2. The number of halogens is 1. The van der Waals surface area contributed by atoms with Crippen molar-refractivity contribution >= 4 is 11.0 Å². The Morgan fingerprint density at radius 3 is 2.84 bits per heavy atom. The first-order valence-corrected chi connectivity index (χ1v) is 7.07. The molecule has 2 aromatic rings. The maximum atomic E-state index is 13.5. The van der Waals surface area contributed by atoms with Crippen molar-refractivity contribution in [1.82, 2.24) is 9.97 Å². The first-order chi connectivity index (χ1) is 9.24. The lowest BCUT2D eigenvalue weighted by Crippen LogP contribution is -2.10. The van der Waals surface area contributed by atoms with Crippen LogP contribution in [0.25, 0.3) is 11.0 Å². The summed E-state index contributed by atoms with van der Waals surface area (Å²) in [4.78, 5) is 7.54.